The largest absolute Gasteiger partial charge is 0.274 e. The Bertz CT molecular complexity index is 1040. The smallest absolute Gasteiger partial charge is 0.269 e. The van der Waals surface area contributed by atoms with Gasteiger partial charge in [-0.15, -0.1) is 10.2 Å². The summed E-state index contributed by atoms with van der Waals surface area (Å²) in [5.74, 6) is 0. The molecular weight excluding hydrogens is 332 g/mol. The maximum Gasteiger partial charge on any atom is 0.269 e. The van der Waals surface area contributed by atoms with Gasteiger partial charge in [-0.3, -0.25) is 20.1 Å². The van der Waals surface area contributed by atoms with Crippen molar-refractivity contribution < 1.29 is 4.92 Å². The minimum absolute atomic E-state index is 0.0480. The van der Waals surface area contributed by atoms with Gasteiger partial charge in [0.05, 0.1) is 22.7 Å². The van der Waals surface area contributed by atoms with Crippen LogP contribution in [0.5, 0.6) is 0 Å². The number of hydrogen-bond acceptors (Lipinski definition) is 6. The molecule has 0 aliphatic heterocycles. The Hall–Kier alpha value is -3.81. The van der Waals surface area contributed by atoms with E-state index in [0.29, 0.717) is 6.54 Å². The highest BCUT2D eigenvalue weighted by Crippen LogP contribution is 2.24. The van der Waals surface area contributed by atoms with E-state index in [1.165, 1.54) is 12.1 Å². The van der Waals surface area contributed by atoms with Crippen LogP contribution in [-0.4, -0.2) is 24.8 Å². The number of aromatic nitrogens is 4. The molecule has 26 heavy (non-hydrogen) atoms. The number of para-hydroxylation sites is 1. The van der Waals surface area contributed by atoms with Gasteiger partial charge in [0.2, 0.25) is 0 Å². The van der Waals surface area contributed by atoms with Crippen molar-refractivity contribution in [2.75, 3.05) is 5.01 Å². The summed E-state index contributed by atoms with van der Waals surface area (Å²) in [5.41, 5.74) is 2.82. The summed E-state index contributed by atoms with van der Waals surface area (Å²) in [5, 5.41) is 21.6. The Balaban J connectivity index is 1.75. The van der Waals surface area contributed by atoms with E-state index in [1.807, 2.05) is 35.3 Å². The summed E-state index contributed by atoms with van der Waals surface area (Å²) in [6.07, 6.45) is 4.95. The molecule has 128 valence electrons. The summed E-state index contributed by atoms with van der Waals surface area (Å²) in [4.78, 5) is 14.9. The second-order valence-corrected chi connectivity index (χ2v) is 5.66. The maximum absolute atomic E-state index is 10.9. The molecule has 0 atom stereocenters. The van der Waals surface area contributed by atoms with Crippen molar-refractivity contribution in [1.82, 2.24) is 19.9 Å². The zero-order valence-corrected chi connectivity index (χ0v) is 13.6. The average Bonchev–Trinajstić information content (AvgIpc) is 3.21. The van der Waals surface area contributed by atoms with Gasteiger partial charge in [0, 0.05) is 23.7 Å². The van der Waals surface area contributed by atoms with Crippen molar-refractivity contribution in [2.24, 2.45) is 0 Å². The van der Waals surface area contributed by atoms with Crippen LogP contribution < -0.4 is 5.01 Å². The first kappa shape index (κ1) is 15.7. The molecule has 0 aliphatic carbocycles. The Kier molecular flexibility index (Phi) is 3.98. The molecule has 0 amide bonds. The van der Waals surface area contributed by atoms with Gasteiger partial charge in [0.15, 0.2) is 0 Å². The molecule has 0 spiro atoms. The highest BCUT2D eigenvalue weighted by Gasteiger charge is 2.14. The Morgan fingerprint density at radius 3 is 2.46 bits per heavy atom. The fourth-order valence-electron chi connectivity index (χ4n) is 2.83. The molecule has 0 N–H and O–H groups in total. The second kappa shape index (κ2) is 6.60. The van der Waals surface area contributed by atoms with Gasteiger partial charge in [-0.2, -0.15) is 0 Å². The van der Waals surface area contributed by atoms with Crippen LogP contribution in [0.3, 0.4) is 0 Å². The molecular formula is C18H14N6O2. The average molecular weight is 346 g/mol. The molecule has 0 aliphatic rings. The first-order valence-electron chi connectivity index (χ1n) is 7.92. The quantitative estimate of drug-likeness (QED) is 0.407. The third kappa shape index (κ3) is 2.95. The van der Waals surface area contributed by atoms with Crippen LogP contribution in [0, 0.1) is 10.1 Å². The monoisotopic (exact) mass is 346 g/mol. The van der Waals surface area contributed by atoms with E-state index >= 15 is 0 Å². The summed E-state index contributed by atoms with van der Waals surface area (Å²) in [6, 6.07) is 16.3. The molecule has 0 saturated heterocycles. The van der Waals surface area contributed by atoms with E-state index in [2.05, 4.69) is 15.2 Å². The van der Waals surface area contributed by atoms with Gasteiger partial charge in [0.25, 0.3) is 5.69 Å². The van der Waals surface area contributed by atoms with Crippen molar-refractivity contribution in [3.63, 3.8) is 0 Å². The van der Waals surface area contributed by atoms with Crippen LogP contribution in [0.2, 0.25) is 0 Å². The van der Waals surface area contributed by atoms with Gasteiger partial charge in [-0.05, 0) is 29.8 Å². The van der Waals surface area contributed by atoms with Crippen molar-refractivity contribution in [1.29, 1.82) is 0 Å². The van der Waals surface area contributed by atoms with Crippen LogP contribution in [0.4, 0.5) is 11.4 Å². The van der Waals surface area contributed by atoms with Gasteiger partial charge in [-0.1, -0.05) is 18.2 Å². The van der Waals surface area contributed by atoms with Gasteiger partial charge in [-0.25, -0.2) is 4.68 Å². The molecule has 0 unspecified atom stereocenters. The lowest BCUT2D eigenvalue weighted by atomic mass is 10.1. The number of rotatable bonds is 5. The van der Waals surface area contributed by atoms with E-state index in [4.69, 9.17) is 0 Å². The number of nitrogens with zero attached hydrogens (tertiary/aromatic N) is 6. The molecule has 2 heterocycles. The molecule has 4 rings (SSSR count). The number of fused-ring (bicyclic) bond motifs is 1. The Labute approximate surface area is 148 Å². The third-order valence-electron chi connectivity index (χ3n) is 4.10. The van der Waals surface area contributed by atoms with E-state index in [0.717, 1.165) is 22.2 Å². The number of hydrogen-bond donors (Lipinski definition) is 0. The van der Waals surface area contributed by atoms with Crippen molar-refractivity contribution in [3.05, 3.63) is 89.1 Å². The number of benzene rings is 2. The normalized spacial score (nSPS) is 10.8. The lowest BCUT2D eigenvalue weighted by Crippen LogP contribution is -2.28. The second-order valence-electron chi connectivity index (χ2n) is 5.66. The van der Waals surface area contributed by atoms with Crippen molar-refractivity contribution in [3.8, 4) is 0 Å². The predicted molar refractivity (Wildman–Crippen MR) is 96.4 cm³/mol. The predicted octanol–water partition coefficient (Wildman–Crippen LogP) is 3.20. The first-order valence-corrected chi connectivity index (χ1v) is 7.92. The summed E-state index contributed by atoms with van der Waals surface area (Å²) in [6.45, 7) is 0.527. The topological polar surface area (TPSA) is 90.0 Å². The van der Waals surface area contributed by atoms with E-state index < -0.39 is 4.92 Å². The summed E-state index contributed by atoms with van der Waals surface area (Å²) in [7, 11) is 0. The van der Waals surface area contributed by atoms with E-state index in [-0.39, 0.29) is 5.69 Å². The molecule has 4 aromatic rings. The Morgan fingerprint density at radius 1 is 1.00 bits per heavy atom. The fourth-order valence-corrected chi connectivity index (χ4v) is 2.83. The van der Waals surface area contributed by atoms with Gasteiger partial charge < -0.3 is 0 Å². The fraction of sp³-hybridized carbons (Fsp3) is 0.0556. The van der Waals surface area contributed by atoms with Gasteiger partial charge in [0.1, 0.15) is 12.7 Å². The molecule has 0 bridgehead atoms. The number of pyridine rings is 1. The first-order chi connectivity index (χ1) is 12.7. The van der Waals surface area contributed by atoms with Crippen molar-refractivity contribution >= 4 is 22.3 Å². The number of anilines is 1. The van der Waals surface area contributed by atoms with Crippen LogP contribution in [0.25, 0.3) is 10.9 Å². The molecule has 2 aromatic heterocycles. The Morgan fingerprint density at radius 2 is 1.73 bits per heavy atom. The van der Waals surface area contributed by atoms with E-state index in [1.54, 1.807) is 35.7 Å². The SMILES string of the molecule is O=[N+]([O-])c1ccc(N(Cc2ccnc3ccccc23)n2cnnc2)cc1. The summed E-state index contributed by atoms with van der Waals surface area (Å²) >= 11 is 0. The molecule has 8 nitrogen and oxygen atoms in total. The maximum atomic E-state index is 10.9. The molecule has 2 aromatic carbocycles. The standard InChI is InChI=1S/C18H14N6O2/c25-24(26)16-7-5-15(6-8-16)23(22-12-20-21-13-22)11-14-9-10-19-18-4-2-1-3-17(14)18/h1-10,12-13H,11H2. The third-order valence-corrected chi connectivity index (χ3v) is 4.10. The van der Waals surface area contributed by atoms with Crippen LogP contribution in [0.15, 0.2) is 73.4 Å². The molecule has 0 radical (unpaired) electrons. The molecule has 8 heteroatoms. The lowest BCUT2D eigenvalue weighted by molar-refractivity contribution is -0.384. The minimum Gasteiger partial charge on any atom is -0.274 e. The lowest BCUT2D eigenvalue weighted by Gasteiger charge is -2.25. The number of nitro groups is 1. The molecule has 0 saturated carbocycles. The zero-order valence-electron chi connectivity index (χ0n) is 13.6. The van der Waals surface area contributed by atoms with Crippen LogP contribution in [-0.2, 0) is 6.54 Å². The zero-order chi connectivity index (χ0) is 17.9. The van der Waals surface area contributed by atoms with Crippen LogP contribution >= 0.6 is 0 Å². The van der Waals surface area contributed by atoms with Gasteiger partial charge >= 0.3 is 0 Å². The summed E-state index contributed by atoms with van der Waals surface area (Å²) < 4.78 is 1.75. The highest BCUT2D eigenvalue weighted by atomic mass is 16.6. The van der Waals surface area contributed by atoms with E-state index in [9.17, 15) is 10.1 Å². The minimum atomic E-state index is -0.413. The number of nitro benzene ring substituents is 1. The van der Waals surface area contributed by atoms with Crippen molar-refractivity contribution in [2.45, 2.75) is 6.54 Å². The van der Waals surface area contributed by atoms with Crippen LogP contribution in [0.1, 0.15) is 5.56 Å². The highest BCUT2D eigenvalue weighted by molar-refractivity contribution is 5.82. The molecule has 0 fully saturated rings. The number of non-ortho nitro benzene ring substituents is 1.